The number of anilines is 1. The molecule has 2 aliphatic heterocycles. The zero-order valence-corrected chi connectivity index (χ0v) is 25.5. The lowest BCUT2D eigenvalue weighted by Crippen LogP contribution is -2.29. The Labute approximate surface area is 249 Å². The predicted molar refractivity (Wildman–Crippen MR) is 162 cm³/mol. The first-order valence-corrected chi connectivity index (χ1v) is 14.7. The third-order valence-electron chi connectivity index (χ3n) is 7.36. The number of nitrogens with zero attached hydrogens (tertiary/aromatic N) is 1. The van der Waals surface area contributed by atoms with Gasteiger partial charge in [-0.15, -0.1) is 0 Å². The first kappa shape index (κ1) is 31.5. The minimum atomic E-state index is -0.678. The third kappa shape index (κ3) is 8.56. The van der Waals surface area contributed by atoms with Crippen molar-refractivity contribution < 1.29 is 33.2 Å². The Balaban J connectivity index is 1.60. The van der Waals surface area contributed by atoms with E-state index >= 15 is 0 Å². The number of pyridine rings is 1. The molecule has 4 rings (SSSR count). The van der Waals surface area contributed by atoms with Gasteiger partial charge in [0.1, 0.15) is 29.0 Å². The molecule has 1 fully saturated rings. The Morgan fingerprint density at radius 2 is 1.88 bits per heavy atom. The lowest BCUT2D eigenvalue weighted by atomic mass is 9.94. The van der Waals surface area contributed by atoms with Crippen LogP contribution in [0.2, 0.25) is 0 Å². The molecule has 9 nitrogen and oxygen atoms in total. The molecule has 2 aliphatic rings. The highest BCUT2D eigenvalue weighted by atomic mass is 16.8. The van der Waals surface area contributed by atoms with Crippen LogP contribution < -0.4 is 14.8 Å². The van der Waals surface area contributed by atoms with Gasteiger partial charge in [-0.1, -0.05) is 44.2 Å². The van der Waals surface area contributed by atoms with E-state index in [1.807, 2.05) is 64.1 Å². The van der Waals surface area contributed by atoms with Gasteiger partial charge in [0, 0.05) is 37.8 Å². The lowest BCUT2D eigenvalue weighted by molar-refractivity contribution is -0.148. The van der Waals surface area contributed by atoms with Crippen LogP contribution in [0, 0.1) is 11.8 Å². The number of nitrogens with one attached hydrogen (secondary N) is 1. The zero-order chi connectivity index (χ0) is 30.1. The molecule has 5 atom stereocenters. The van der Waals surface area contributed by atoms with Crippen LogP contribution in [0.25, 0.3) is 6.08 Å². The van der Waals surface area contributed by atoms with E-state index in [0.29, 0.717) is 42.2 Å². The molecule has 3 heterocycles. The fraction of sp³-hybridized carbons (Fsp3) is 0.515. The van der Waals surface area contributed by atoms with Gasteiger partial charge in [0.15, 0.2) is 12.6 Å². The largest absolute Gasteiger partial charge is 0.493 e. The van der Waals surface area contributed by atoms with Crippen LogP contribution in [-0.4, -0.2) is 62.1 Å². The Hall–Kier alpha value is -3.40. The summed E-state index contributed by atoms with van der Waals surface area (Å²) in [6.45, 7) is 11.1. The minimum absolute atomic E-state index is 0.0160. The van der Waals surface area contributed by atoms with Crippen molar-refractivity contribution in [3.63, 3.8) is 0 Å². The quantitative estimate of drug-likeness (QED) is 0.160. The number of cyclic esters (lactones) is 1. The molecule has 1 saturated heterocycles. The Kier molecular flexibility index (Phi) is 11.0. The minimum Gasteiger partial charge on any atom is -0.493 e. The second-order valence-corrected chi connectivity index (χ2v) is 11.3. The van der Waals surface area contributed by atoms with Gasteiger partial charge in [0.25, 0.3) is 0 Å². The number of methoxy groups -OCH3 is 1. The zero-order valence-electron chi connectivity index (χ0n) is 25.5. The van der Waals surface area contributed by atoms with E-state index < -0.39 is 11.8 Å². The smallest absolute Gasteiger partial charge is 0.342 e. The van der Waals surface area contributed by atoms with Crippen LogP contribution in [0.1, 0.15) is 63.4 Å². The molecule has 0 bridgehead atoms. The van der Waals surface area contributed by atoms with Crippen molar-refractivity contribution in [1.82, 2.24) is 4.98 Å². The van der Waals surface area contributed by atoms with E-state index in [4.69, 9.17) is 28.4 Å². The monoisotopic (exact) mass is 580 g/mol. The van der Waals surface area contributed by atoms with E-state index in [0.717, 1.165) is 12.2 Å². The lowest BCUT2D eigenvalue weighted by Gasteiger charge is -2.23. The molecule has 1 aromatic heterocycles. The van der Waals surface area contributed by atoms with E-state index in [1.54, 1.807) is 12.3 Å². The number of carbonyl (C=O) groups excluding carboxylic acids is 1. The van der Waals surface area contributed by atoms with Crippen LogP contribution in [0.15, 0.2) is 54.8 Å². The van der Waals surface area contributed by atoms with Gasteiger partial charge >= 0.3 is 5.97 Å². The maximum atomic E-state index is 13.6. The Morgan fingerprint density at radius 1 is 1.07 bits per heavy atom. The average molecular weight is 581 g/mol. The second kappa shape index (κ2) is 14.7. The fourth-order valence-electron chi connectivity index (χ4n) is 5.00. The predicted octanol–water partition coefficient (Wildman–Crippen LogP) is 6.26. The normalized spacial score (nSPS) is 26.3. The van der Waals surface area contributed by atoms with Gasteiger partial charge in [-0.05, 0) is 57.4 Å². The number of esters is 1. The molecule has 42 heavy (non-hydrogen) atoms. The highest BCUT2D eigenvalue weighted by molar-refractivity contribution is 5.97. The molecule has 0 amide bonds. The average Bonchev–Trinajstić information content (AvgIpc) is 3.28. The molecule has 1 aromatic carbocycles. The number of hydrogen-bond acceptors (Lipinski definition) is 9. The summed E-state index contributed by atoms with van der Waals surface area (Å²) in [6.07, 6.45) is 10.6. The first-order valence-electron chi connectivity index (χ1n) is 14.7. The maximum Gasteiger partial charge on any atom is 0.342 e. The topological polar surface area (TPSA) is 97.4 Å². The summed E-state index contributed by atoms with van der Waals surface area (Å²) in [5.74, 6) is 0.685. The van der Waals surface area contributed by atoms with Crippen molar-refractivity contribution in [3.8, 4) is 11.5 Å². The third-order valence-corrected chi connectivity index (χ3v) is 7.36. The van der Waals surface area contributed by atoms with Crippen LogP contribution in [0.5, 0.6) is 11.5 Å². The molecule has 0 saturated carbocycles. The first-order chi connectivity index (χ1) is 20.2. The summed E-state index contributed by atoms with van der Waals surface area (Å²) in [4.78, 5) is 17.9. The van der Waals surface area contributed by atoms with E-state index in [1.165, 1.54) is 7.11 Å². The van der Waals surface area contributed by atoms with Crippen molar-refractivity contribution in [2.75, 3.05) is 32.4 Å². The number of rotatable bonds is 9. The molecule has 9 heteroatoms. The molecular weight excluding hydrogens is 536 g/mol. The summed E-state index contributed by atoms with van der Waals surface area (Å²) in [5.41, 5.74) is 0.951. The number of carbonyl (C=O) groups is 1. The van der Waals surface area contributed by atoms with Crippen LogP contribution >= 0.6 is 0 Å². The van der Waals surface area contributed by atoms with Gasteiger partial charge in [-0.3, -0.25) is 0 Å². The molecule has 0 spiro atoms. The van der Waals surface area contributed by atoms with Gasteiger partial charge < -0.3 is 33.7 Å². The van der Waals surface area contributed by atoms with Gasteiger partial charge in [0.05, 0.1) is 18.8 Å². The molecule has 0 radical (unpaired) electrons. The number of hydrogen-bond donors (Lipinski definition) is 1. The van der Waals surface area contributed by atoms with Crippen molar-refractivity contribution in [2.45, 2.75) is 71.6 Å². The van der Waals surface area contributed by atoms with E-state index in [-0.39, 0.29) is 36.9 Å². The molecule has 228 valence electrons. The molecule has 3 unspecified atom stereocenters. The van der Waals surface area contributed by atoms with E-state index in [2.05, 4.69) is 29.4 Å². The molecular formula is C33H44N2O7. The second-order valence-electron chi connectivity index (χ2n) is 11.3. The standard InChI is InChI=1S/C33H44N2O7/c1-22-14-15-23(2)31-27(41-33(4,5)42-31)12-9-11-25-19-26(38-18-10-17-35-29-13-7-8-16-34-29)20-28(39-21-37-6)30(25)32(36)40-24(22)3/h7-9,11,13-16,19-20,22-24,27,31H,10,12,17-18,21H2,1-6H3,(H,34,35)/b11-9?,15-14-/t22-,23?,24+,27?,31?/m1/s1. The maximum absolute atomic E-state index is 13.6. The van der Waals surface area contributed by atoms with Crippen LogP contribution in [-0.2, 0) is 18.9 Å². The summed E-state index contributed by atoms with van der Waals surface area (Å²) in [6, 6.07) is 9.29. The van der Waals surface area contributed by atoms with Gasteiger partial charge in [0.2, 0.25) is 0 Å². The van der Waals surface area contributed by atoms with Crippen molar-refractivity contribution >= 4 is 17.9 Å². The van der Waals surface area contributed by atoms with Crippen LogP contribution in [0.4, 0.5) is 5.82 Å². The number of aromatic nitrogens is 1. The Bertz CT molecular complexity index is 1230. The molecule has 1 N–H and O–H groups in total. The summed E-state index contributed by atoms with van der Waals surface area (Å²) < 4.78 is 35.7. The van der Waals surface area contributed by atoms with Crippen molar-refractivity contribution in [2.24, 2.45) is 11.8 Å². The SMILES string of the molecule is COCOc1cc(OCCCNc2ccccn2)cc2c1C(=O)O[C@@H](C)[C@H](C)/C=C\C(C)C1OC(C)(C)OC1CC=C2. The number of ether oxygens (including phenoxy) is 6. The Morgan fingerprint density at radius 3 is 2.64 bits per heavy atom. The summed E-state index contributed by atoms with van der Waals surface area (Å²) >= 11 is 0. The van der Waals surface area contributed by atoms with Crippen molar-refractivity contribution in [1.29, 1.82) is 0 Å². The fourth-order valence-corrected chi connectivity index (χ4v) is 5.00. The van der Waals surface area contributed by atoms with Crippen molar-refractivity contribution in [3.05, 3.63) is 65.9 Å². The highest BCUT2D eigenvalue weighted by Gasteiger charge is 2.42. The number of benzene rings is 1. The summed E-state index contributed by atoms with van der Waals surface area (Å²) in [7, 11) is 1.53. The highest BCUT2D eigenvalue weighted by Crippen LogP contribution is 2.36. The molecule has 2 aromatic rings. The van der Waals surface area contributed by atoms with Gasteiger partial charge in [-0.25, -0.2) is 9.78 Å². The molecule has 0 aliphatic carbocycles. The summed E-state index contributed by atoms with van der Waals surface area (Å²) in [5, 5.41) is 3.28. The van der Waals surface area contributed by atoms with Gasteiger partial charge in [-0.2, -0.15) is 0 Å². The number of fused-ring (bicyclic) bond motifs is 2. The van der Waals surface area contributed by atoms with Crippen LogP contribution in [0.3, 0.4) is 0 Å². The van der Waals surface area contributed by atoms with E-state index in [9.17, 15) is 4.79 Å².